The number of hydrogen-bond acceptors (Lipinski definition) is 3. The van der Waals surface area contributed by atoms with Gasteiger partial charge in [0, 0.05) is 18.3 Å². The zero-order valence-electron chi connectivity index (χ0n) is 18.7. The van der Waals surface area contributed by atoms with E-state index in [0.717, 1.165) is 35.7 Å². The normalized spacial score (nSPS) is 18.2. The third kappa shape index (κ3) is 4.01. The highest BCUT2D eigenvalue weighted by molar-refractivity contribution is 5.85. The van der Waals surface area contributed by atoms with Crippen molar-refractivity contribution in [3.05, 3.63) is 101 Å². The quantitative estimate of drug-likeness (QED) is 0.495. The molecular weight excluding hydrogens is 398 g/mol. The first-order valence-corrected chi connectivity index (χ1v) is 11.0. The van der Waals surface area contributed by atoms with Gasteiger partial charge in [-0.2, -0.15) is 0 Å². The van der Waals surface area contributed by atoms with Crippen molar-refractivity contribution in [1.82, 2.24) is 0 Å². The summed E-state index contributed by atoms with van der Waals surface area (Å²) in [6.07, 6.45) is 3.61. The molecule has 4 rings (SSSR count). The number of aromatic hydroxyl groups is 1. The smallest absolute Gasteiger partial charge is 0.328 e. The number of hydrogen-bond donors (Lipinski definition) is 2. The lowest BCUT2D eigenvalue weighted by atomic mass is 9.76. The molecule has 1 heterocycles. The molecule has 1 aliphatic rings. The number of anilines is 1. The number of rotatable bonds is 5. The van der Waals surface area contributed by atoms with Gasteiger partial charge in [-0.1, -0.05) is 56.3 Å². The number of nitrogens with zero attached hydrogens (tertiary/aromatic N) is 1. The molecule has 3 aromatic rings. The Kier molecular flexibility index (Phi) is 5.79. The summed E-state index contributed by atoms with van der Waals surface area (Å²) in [6, 6.07) is 22.5. The molecule has 1 unspecified atom stereocenters. The third-order valence-electron chi connectivity index (χ3n) is 6.50. The maximum Gasteiger partial charge on any atom is 0.328 e. The summed E-state index contributed by atoms with van der Waals surface area (Å²) in [5.74, 6) is -0.232. The molecule has 1 atom stereocenters. The number of carboxylic acid groups (broad SMARTS) is 1. The van der Waals surface area contributed by atoms with Crippen LogP contribution in [-0.2, 0) is 16.8 Å². The number of aliphatic carboxylic acids is 1. The van der Waals surface area contributed by atoms with E-state index in [-0.39, 0.29) is 5.75 Å². The number of carboxylic acids is 1. The lowest BCUT2D eigenvalue weighted by Gasteiger charge is -2.48. The Hall–Kier alpha value is -3.53. The van der Waals surface area contributed by atoms with Crippen LogP contribution in [0.2, 0.25) is 0 Å². The van der Waals surface area contributed by atoms with Crippen LogP contribution in [0.25, 0.3) is 6.08 Å². The van der Waals surface area contributed by atoms with Crippen molar-refractivity contribution in [3.8, 4) is 5.75 Å². The largest absolute Gasteiger partial charge is 0.508 e. The van der Waals surface area contributed by atoms with Crippen LogP contribution < -0.4 is 4.90 Å². The third-order valence-corrected chi connectivity index (χ3v) is 6.50. The Labute approximate surface area is 189 Å². The predicted octanol–water partition coefficient (Wildman–Crippen LogP) is 5.94. The monoisotopic (exact) mass is 427 g/mol. The van der Waals surface area contributed by atoms with Gasteiger partial charge in [0.05, 0.1) is 5.54 Å². The van der Waals surface area contributed by atoms with E-state index >= 15 is 0 Å². The van der Waals surface area contributed by atoms with Gasteiger partial charge < -0.3 is 15.1 Å². The zero-order chi connectivity index (χ0) is 22.9. The Bertz CT molecular complexity index is 1160. The summed E-state index contributed by atoms with van der Waals surface area (Å²) in [6.45, 7) is 7.47. The van der Waals surface area contributed by atoms with E-state index in [2.05, 4.69) is 62.1 Å². The summed E-state index contributed by atoms with van der Waals surface area (Å²) in [5, 5.41) is 19.0. The molecule has 4 heteroatoms. The van der Waals surface area contributed by atoms with Crippen molar-refractivity contribution in [1.29, 1.82) is 0 Å². The topological polar surface area (TPSA) is 60.8 Å². The number of fused-ring (bicyclic) bond motifs is 1. The maximum absolute atomic E-state index is 10.9. The van der Waals surface area contributed by atoms with Gasteiger partial charge in [0.25, 0.3) is 0 Å². The molecule has 32 heavy (non-hydrogen) atoms. The second kappa shape index (κ2) is 8.54. The van der Waals surface area contributed by atoms with Crippen LogP contribution in [0.1, 0.15) is 54.5 Å². The van der Waals surface area contributed by atoms with Crippen molar-refractivity contribution in [3.63, 3.8) is 0 Å². The molecule has 2 N–H and O–H groups in total. The Morgan fingerprint density at radius 3 is 2.50 bits per heavy atom. The molecule has 0 fully saturated rings. The van der Waals surface area contributed by atoms with Crippen molar-refractivity contribution in [2.75, 3.05) is 11.4 Å². The Morgan fingerprint density at radius 1 is 1.06 bits per heavy atom. The number of benzene rings is 3. The predicted molar refractivity (Wildman–Crippen MR) is 129 cm³/mol. The molecule has 0 amide bonds. The molecule has 1 aliphatic heterocycles. The van der Waals surface area contributed by atoms with Gasteiger partial charge in [-0.05, 0) is 77.4 Å². The van der Waals surface area contributed by atoms with Gasteiger partial charge in [-0.3, -0.25) is 0 Å². The minimum Gasteiger partial charge on any atom is -0.508 e. The standard InChI is InChI=1S/C28H29NO3/c1-19(2)21-5-4-6-24(17-21)29-16-15-22-18-25(30)12-13-26(22)28(29,3)23-10-7-20(8-11-23)9-14-27(31)32/h4-14,17-19,30H,15-16H2,1-3H3,(H,31,32). The van der Waals surface area contributed by atoms with Crippen LogP contribution in [-0.4, -0.2) is 22.7 Å². The van der Waals surface area contributed by atoms with E-state index in [9.17, 15) is 9.90 Å². The molecule has 0 saturated carbocycles. The highest BCUT2D eigenvalue weighted by Gasteiger charge is 2.40. The number of phenolic OH excluding ortho intramolecular Hbond substituents is 1. The molecule has 0 radical (unpaired) electrons. The van der Waals surface area contributed by atoms with Crippen LogP contribution in [0.15, 0.2) is 72.8 Å². The van der Waals surface area contributed by atoms with Crippen molar-refractivity contribution in [2.45, 2.75) is 38.6 Å². The summed E-state index contributed by atoms with van der Waals surface area (Å²) < 4.78 is 0. The fraction of sp³-hybridized carbons (Fsp3) is 0.250. The first-order chi connectivity index (χ1) is 15.3. The van der Waals surface area contributed by atoms with E-state index in [1.165, 1.54) is 16.8 Å². The first-order valence-electron chi connectivity index (χ1n) is 11.0. The number of carbonyl (C=O) groups is 1. The van der Waals surface area contributed by atoms with Crippen LogP contribution in [0.3, 0.4) is 0 Å². The van der Waals surface area contributed by atoms with Crippen molar-refractivity contribution < 1.29 is 15.0 Å². The average molecular weight is 428 g/mol. The maximum atomic E-state index is 10.9. The van der Waals surface area contributed by atoms with Crippen LogP contribution in [0.4, 0.5) is 5.69 Å². The first kappa shape index (κ1) is 21.7. The van der Waals surface area contributed by atoms with E-state index in [1.54, 1.807) is 12.1 Å². The fourth-order valence-electron chi connectivity index (χ4n) is 4.70. The van der Waals surface area contributed by atoms with Gasteiger partial charge in [-0.25, -0.2) is 4.79 Å². The fourth-order valence-corrected chi connectivity index (χ4v) is 4.70. The summed E-state index contributed by atoms with van der Waals surface area (Å²) in [4.78, 5) is 13.3. The summed E-state index contributed by atoms with van der Waals surface area (Å²) in [7, 11) is 0. The summed E-state index contributed by atoms with van der Waals surface area (Å²) in [5.41, 5.74) is 6.32. The molecule has 0 saturated heterocycles. The van der Waals surface area contributed by atoms with Crippen molar-refractivity contribution >= 4 is 17.7 Å². The summed E-state index contributed by atoms with van der Waals surface area (Å²) >= 11 is 0. The van der Waals surface area contributed by atoms with Crippen molar-refractivity contribution in [2.24, 2.45) is 0 Å². The molecule has 0 bridgehead atoms. The highest BCUT2D eigenvalue weighted by Crippen LogP contribution is 2.44. The van der Waals surface area contributed by atoms with Gasteiger partial charge in [0.2, 0.25) is 0 Å². The SMILES string of the molecule is CC(C)c1cccc(N2CCc3cc(O)ccc3C2(C)c2ccc(C=CC(=O)O)cc2)c1. The molecule has 0 aliphatic carbocycles. The van der Waals surface area contributed by atoms with E-state index in [4.69, 9.17) is 5.11 Å². The second-order valence-electron chi connectivity index (χ2n) is 8.86. The molecule has 0 spiro atoms. The lowest BCUT2D eigenvalue weighted by Crippen LogP contribution is -2.49. The molecular formula is C28H29NO3. The molecule has 3 aromatic carbocycles. The van der Waals surface area contributed by atoms with E-state index in [1.807, 2.05) is 24.3 Å². The van der Waals surface area contributed by atoms with Gasteiger partial charge in [0.15, 0.2) is 0 Å². The highest BCUT2D eigenvalue weighted by atomic mass is 16.4. The van der Waals surface area contributed by atoms with Crippen LogP contribution in [0.5, 0.6) is 5.75 Å². The lowest BCUT2D eigenvalue weighted by molar-refractivity contribution is -0.131. The minimum absolute atomic E-state index is 0.288. The van der Waals surface area contributed by atoms with Gasteiger partial charge >= 0.3 is 5.97 Å². The van der Waals surface area contributed by atoms with E-state index < -0.39 is 11.5 Å². The van der Waals surface area contributed by atoms with Gasteiger partial charge in [-0.15, -0.1) is 0 Å². The molecule has 4 nitrogen and oxygen atoms in total. The van der Waals surface area contributed by atoms with Gasteiger partial charge in [0.1, 0.15) is 5.75 Å². The number of phenols is 1. The average Bonchev–Trinajstić information content (AvgIpc) is 2.78. The van der Waals surface area contributed by atoms with Crippen LogP contribution in [0, 0.1) is 0 Å². The van der Waals surface area contributed by atoms with Crippen LogP contribution >= 0.6 is 0 Å². The Balaban J connectivity index is 1.85. The minimum atomic E-state index is -0.960. The second-order valence-corrected chi connectivity index (χ2v) is 8.86. The van der Waals surface area contributed by atoms with E-state index in [0.29, 0.717) is 5.92 Å². The Morgan fingerprint density at radius 2 is 1.81 bits per heavy atom. The molecule has 164 valence electrons. The zero-order valence-corrected chi connectivity index (χ0v) is 18.7. The molecule has 0 aromatic heterocycles.